The van der Waals surface area contributed by atoms with Crippen LogP contribution in [0.4, 0.5) is 11.4 Å². The number of nitrogens with two attached hydrogens (primary N) is 2. The molecule has 0 fully saturated rings. The first-order chi connectivity index (χ1) is 17.1. The maximum absolute atomic E-state index is 6.08. The molecule has 0 aliphatic rings. The maximum atomic E-state index is 6.08. The Morgan fingerprint density at radius 1 is 0.343 bits per heavy atom. The summed E-state index contributed by atoms with van der Waals surface area (Å²) >= 11 is 0. The van der Waals surface area contributed by atoms with Gasteiger partial charge in [-0.15, -0.1) is 0 Å². The fraction of sp³-hybridized carbons (Fsp3) is 0.0303. The van der Waals surface area contributed by atoms with Gasteiger partial charge in [0, 0.05) is 11.4 Å². The van der Waals surface area contributed by atoms with Crippen LogP contribution in [0.5, 0.6) is 0 Å². The summed E-state index contributed by atoms with van der Waals surface area (Å²) in [7, 11) is 0. The van der Waals surface area contributed by atoms with E-state index in [-0.39, 0.29) is 0 Å². The zero-order chi connectivity index (χ0) is 23.8. The van der Waals surface area contributed by atoms with Crippen LogP contribution in [0.3, 0.4) is 0 Å². The van der Waals surface area contributed by atoms with Crippen LogP contribution in [0.25, 0.3) is 21.5 Å². The van der Waals surface area contributed by atoms with E-state index in [2.05, 4.69) is 109 Å². The van der Waals surface area contributed by atoms with Gasteiger partial charge in [0.1, 0.15) is 0 Å². The van der Waals surface area contributed by atoms with E-state index in [0.717, 1.165) is 22.1 Å². The van der Waals surface area contributed by atoms with Gasteiger partial charge < -0.3 is 11.5 Å². The van der Waals surface area contributed by atoms with Crippen LogP contribution < -0.4 is 11.5 Å². The lowest BCUT2D eigenvalue weighted by Gasteiger charge is -2.37. The zero-order valence-electron chi connectivity index (χ0n) is 19.4. The summed E-state index contributed by atoms with van der Waals surface area (Å²) in [6.07, 6.45) is 0. The predicted molar refractivity (Wildman–Crippen MR) is 149 cm³/mol. The van der Waals surface area contributed by atoms with Crippen molar-refractivity contribution in [1.82, 2.24) is 0 Å². The van der Waals surface area contributed by atoms with Crippen LogP contribution >= 0.6 is 0 Å². The standard InChI is InChI=1S/C33H26N2/c34-31-17-13-23-19-29(15-11-25(23)21-31)33(27-7-3-1-4-8-27,28-9-5-2-6-10-28)30-16-12-26-22-32(35)18-14-24(26)20-30/h1-22H,34-35H2. The lowest BCUT2D eigenvalue weighted by molar-refractivity contribution is 0.748. The van der Waals surface area contributed by atoms with Crippen LogP contribution in [0.15, 0.2) is 133 Å². The highest BCUT2D eigenvalue weighted by molar-refractivity contribution is 5.89. The van der Waals surface area contributed by atoms with Crippen LogP contribution in [0.1, 0.15) is 22.3 Å². The smallest absolute Gasteiger partial charge is 0.0702 e. The number of hydrogen-bond acceptors (Lipinski definition) is 2. The lowest BCUT2D eigenvalue weighted by Crippen LogP contribution is -2.31. The maximum Gasteiger partial charge on any atom is 0.0702 e. The van der Waals surface area contributed by atoms with Gasteiger partial charge in [-0.1, -0.05) is 97.1 Å². The van der Waals surface area contributed by atoms with E-state index in [4.69, 9.17) is 11.5 Å². The Hall–Kier alpha value is -4.56. The van der Waals surface area contributed by atoms with Crippen molar-refractivity contribution in [3.63, 3.8) is 0 Å². The molecule has 0 aliphatic heterocycles. The second kappa shape index (κ2) is 8.34. The molecule has 2 heteroatoms. The molecule has 0 aliphatic carbocycles. The van der Waals surface area contributed by atoms with E-state index >= 15 is 0 Å². The van der Waals surface area contributed by atoms with Gasteiger partial charge >= 0.3 is 0 Å². The topological polar surface area (TPSA) is 52.0 Å². The highest BCUT2D eigenvalue weighted by atomic mass is 14.5. The minimum atomic E-state index is -0.506. The van der Waals surface area contributed by atoms with Crippen LogP contribution in [-0.4, -0.2) is 0 Å². The molecule has 0 saturated carbocycles. The molecule has 0 radical (unpaired) electrons. The molecule has 4 N–H and O–H groups in total. The quantitative estimate of drug-likeness (QED) is 0.215. The summed E-state index contributed by atoms with van der Waals surface area (Å²) in [6, 6.07) is 47.3. The number of hydrogen-bond donors (Lipinski definition) is 2. The van der Waals surface area contributed by atoms with Gasteiger partial charge in [0.15, 0.2) is 0 Å². The molecular formula is C33H26N2. The average Bonchev–Trinajstić information content (AvgIpc) is 2.90. The zero-order valence-corrected chi connectivity index (χ0v) is 19.4. The van der Waals surface area contributed by atoms with Gasteiger partial charge in [0.25, 0.3) is 0 Å². The Morgan fingerprint density at radius 3 is 1.14 bits per heavy atom. The van der Waals surface area contributed by atoms with E-state index in [1.54, 1.807) is 0 Å². The summed E-state index contributed by atoms with van der Waals surface area (Å²) in [5, 5.41) is 4.61. The normalized spacial score (nSPS) is 11.7. The Bertz CT molecular complexity index is 1530. The molecule has 35 heavy (non-hydrogen) atoms. The van der Waals surface area contributed by atoms with E-state index in [1.807, 2.05) is 24.3 Å². The first-order valence-electron chi connectivity index (χ1n) is 11.9. The van der Waals surface area contributed by atoms with Crippen LogP contribution in [0.2, 0.25) is 0 Å². The second-order valence-corrected chi connectivity index (χ2v) is 9.12. The Labute approximate surface area is 205 Å². The van der Waals surface area contributed by atoms with Gasteiger partial charge in [-0.3, -0.25) is 0 Å². The summed E-state index contributed by atoms with van der Waals surface area (Å²) in [6.45, 7) is 0. The third-order valence-electron chi connectivity index (χ3n) is 7.01. The number of anilines is 2. The molecule has 0 heterocycles. The minimum absolute atomic E-state index is 0.506. The minimum Gasteiger partial charge on any atom is -0.399 e. The van der Waals surface area contributed by atoms with Gasteiger partial charge in [-0.25, -0.2) is 0 Å². The highest BCUT2D eigenvalue weighted by Gasteiger charge is 2.38. The summed E-state index contributed by atoms with van der Waals surface area (Å²) in [5.74, 6) is 0. The summed E-state index contributed by atoms with van der Waals surface area (Å²) in [4.78, 5) is 0. The second-order valence-electron chi connectivity index (χ2n) is 9.12. The monoisotopic (exact) mass is 450 g/mol. The van der Waals surface area contributed by atoms with E-state index in [0.29, 0.717) is 0 Å². The van der Waals surface area contributed by atoms with E-state index in [9.17, 15) is 0 Å². The Morgan fingerprint density at radius 2 is 0.714 bits per heavy atom. The fourth-order valence-electron chi connectivity index (χ4n) is 5.37. The number of nitrogen functional groups attached to an aromatic ring is 2. The predicted octanol–water partition coefficient (Wildman–Crippen LogP) is 7.54. The largest absolute Gasteiger partial charge is 0.399 e. The van der Waals surface area contributed by atoms with Crippen molar-refractivity contribution < 1.29 is 0 Å². The number of rotatable bonds is 4. The van der Waals surface area contributed by atoms with Crippen LogP contribution in [-0.2, 0) is 5.41 Å². The summed E-state index contributed by atoms with van der Waals surface area (Å²) in [5.41, 5.74) is 18.1. The van der Waals surface area contributed by atoms with E-state index in [1.165, 1.54) is 33.0 Å². The molecule has 0 aromatic heterocycles. The number of benzene rings is 6. The highest BCUT2D eigenvalue weighted by Crippen LogP contribution is 2.46. The van der Waals surface area contributed by atoms with Crippen LogP contribution in [0, 0.1) is 0 Å². The number of fused-ring (bicyclic) bond motifs is 2. The van der Waals surface area contributed by atoms with Crippen molar-refractivity contribution in [2.24, 2.45) is 0 Å². The molecular weight excluding hydrogens is 424 g/mol. The van der Waals surface area contributed by atoms with Crippen molar-refractivity contribution in [1.29, 1.82) is 0 Å². The SMILES string of the molecule is Nc1ccc2cc(C(c3ccccc3)(c3ccccc3)c3ccc4cc(N)ccc4c3)ccc2c1. The van der Waals surface area contributed by atoms with Crippen molar-refractivity contribution in [3.05, 3.63) is 156 Å². The summed E-state index contributed by atoms with van der Waals surface area (Å²) < 4.78 is 0. The molecule has 168 valence electrons. The van der Waals surface area contributed by atoms with E-state index < -0.39 is 5.41 Å². The van der Waals surface area contributed by atoms with Crippen molar-refractivity contribution >= 4 is 32.9 Å². The lowest BCUT2D eigenvalue weighted by atomic mass is 9.64. The molecule has 0 saturated heterocycles. The van der Waals surface area contributed by atoms with Gasteiger partial charge in [-0.05, 0) is 80.2 Å². The molecule has 6 rings (SSSR count). The van der Waals surface area contributed by atoms with Gasteiger partial charge in [-0.2, -0.15) is 0 Å². The molecule has 0 amide bonds. The first-order valence-corrected chi connectivity index (χ1v) is 11.9. The molecule has 0 spiro atoms. The van der Waals surface area contributed by atoms with Crippen molar-refractivity contribution in [3.8, 4) is 0 Å². The molecule has 6 aromatic carbocycles. The van der Waals surface area contributed by atoms with Gasteiger partial charge in [0.2, 0.25) is 0 Å². The third kappa shape index (κ3) is 3.51. The fourth-order valence-corrected chi connectivity index (χ4v) is 5.37. The molecule has 2 nitrogen and oxygen atoms in total. The Kier molecular flexibility index (Phi) is 5.00. The first kappa shape index (κ1) is 21.0. The molecule has 0 atom stereocenters. The molecule has 0 bridgehead atoms. The average molecular weight is 451 g/mol. The third-order valence-corrected chi connectivity index (χ3v) is 7.01. The van der Waals surface area contributed by atoms with Crippen molar-refractivity contribution in [2.45, 2.75) is 5.41 Å². The van der Waals surface area contributed by atoms with Gasteiger partial charge in [0.05, 0.1) is 5.41 Å². The molecule has 0 unspecified atom stereocenters. The molecule has 6 aromatic rings. The Balaban J connectivity index is 1.73. The van der Waals surface area contributed by atoms with Crippen molar-refractivity contribution in [2.75, 3.05) is 11.5 Å².